The molecule has 2 amide bonds. The fourth-order valence-electron chi connectivity index (χ4n) is 1.57. The molecule has 1 aromatic heterocycles. The number of aliphatic carboxylic acids is 1. The Bertz CT molecular complexity index is 420. The number of carbonyl (C=O) groups excluding carboxylic acids is 1. The molecule has 1 aromatic rings. The van der Waals surface area contributed by atoms with E-state index in [0.29, 0.717) is 13.0 Å². The number of nitrogens with zero attached hydrogens (tertiary/aromatic N) is 1. The van der Waals surface area contributed by atoms with E-state index >= 15 is 0 Å². The minimum Gasteiger partial charge on any atom is -0.480 e. The van der Waals surface area contributed by atoms with Crippen molar-refractivity contribution in [1.29, 1.82) is 0 Å². The van der Waals surface area contributed by atoms with Gasteiger partial charge in [0, 0.05) is 18.9 Å². The summed E-state index contributed by atoms with van der Waals surface area (Å²) in [7, 11) is 0. The Morgan fingerprint density at radius 2 is 2.16 bits per heavy atom. The smallest absolute Gasteiger partial charge is 0.326 e. The van der Waals surface area contributed by atoms with Crippen molar-refractivity contribution >= 4 is 12.0 Å². The maximum atomic E-state index is 11.6. The van der Waals surface area contributed by atoms with Crippen LogP contribution in [0.15, 0.2) is 24.5 Å². The first-order valence-corrected chi connectivity index (χ1v) is 6.16. The molecule has 1 heterocycles. The summed E-state index contributed by atoms with van der Waals surface area (Å²) in [6.45, 7) is 3.92. The van der Waals surface area contributed by atoms with Gasteiger partial charge in [0.15, 0.2) is 0 Å². The van der Waals surface area contributed by atoms with Gasteiger partial charge in [-0.2, -0.15) is 0 Å². The molecule has 0 spiro atoms. The topological polar surface area (TPSA) is 91.3 Å². The minimum absolute atomic E-state index is 0.165. The van der Waals surface area contributed by atoms with Gasteiger partial charge in [-0.25, -0.2) is 9.59 Å². The molecule has 1 unspecified atom stereocenters. The van der Waals surface area contributed by atoms with Gasteiger partial charge in [0.2, 0.25) is 0 Å². The van der Waals surface area contributed by atoms with Gasteiger partial charge in [-0.15, -0.1) is 0 Å². The largest absolute Gasteiger partial charge is 0.480 e. The number of hydrogen-bond donors (Lipinski definition) is 3. The Balaban J connectivity index is 2.33. The summed E-state index contributed by atoms with van der Waals surface area (Å²) in [5, 5.41) is 14.0. The molecule has 0 aliphatic rings. The Morgan fingerprint density at radius 1 is 1.42 bits per heavy atom. The summed E-state index contributed by atoms with van der Waals surface area (Å²) in [5.74, 6) is -1.20. The van der Waals surface area contributed by atoms with Crippen molar-refractivity contribution in [3.05, 3.63) is 30.1 Å². The fraction of sp³-hybridized carbons (Fsp3) is 0.462. The molecule has 0 saturated carbocycles. The zero-order chi connectivity index (χ0) is 14.3. The lowest BCUT2D eigenvalue weighted by Gasteiger charge is -2.18. The van der Waals surface area contributed by atoms with Crippen molar-refractivity contribution in [1.82, 2.24) is 15.6 Å². The first-order valence-electron chi connectivity index (χ1n) is 6.16. The number of carboxylic acids is 1. The average molecular weight is 265 g/mol. The van der Waals surface area contributed by atoms with Crippen molar-refractivity contribution in [2.75, 3.05) is 6.54 Å². The maximum absolute atomic E-state index is 11.6. The van der Waals surface area contributed by atoms with Gasteiger partial charge >= 0.3 is 12.0 Å². The van der Waals surface area contributed by atoms with Crippen molar-refractivity contribution < 1.29 is 14.7 Å². The molecule has 6 nitrogen and oxygen atoms in total. The Labute approximate surface area is 112 Å². The number of rotatable bonds is 6. The molecular formula is C13H19N3O3. The zero-order valence-electron chi connectivity index (χ0n) is 11.1. The van der Waals surface area contributed by atoms with E-state index in [9.17, 15) is 9.59 Å². The van der Waals surface area contributed by atoms with E-state index in [1.54, 1.807) is 26.2 Å². The van der Waals surface area contributed by atoms with Crippen LogP contribution in [0.1, 0.15) is 19.4 Å². The summed E-state index contributed by atoms with van der Waals surface area (Å²) < 4.78 is 0. The Hall–Kier alpha value is -2.11. The molecule has 0 aliphatic heterocycles. The van der Waals surface area contributed by atoms with Crippen LogP contribution in [0.2, 0.25) is 0 Å². The van der Waals surface area contributed by atoms with Crippen LogP contribution in [0, 0.1) is 5.92 Å². The fourth-order valence-corrected chi connectivity index (χ4v) is 1.57. The van der Waals surface area contributed by atoms with Gasteiger partial charge in [-0.1, -0.05) is 19.9 Å². The SMILES string of the molecule is CC(C)C(NC(=O)NCCc1cccnc1)C(=O)O. The van der Waals surface area contributed by atoms with E-state index in [1.165, 1.54) is 0 Å². The van der Waals surface area contributed by atoms with Crippen LogP contribution in [0.4, 0.5) is 4.79 Å². The molecule has 0 bridgehead atoms. The monoisotopic (exact) mass is 265 g/mol. The van der Waals surface area contributed by atoms with E-state index in [0.717, 1.165) is 5.56 Å². The molecule has 0 fully saturated rings. The van der Waals surface area contributed by atoms with Gasteiger partial charge in [0.1, 0.15) is 6.04 Å². The number of aromatic nitrogens is 1. The van der Waals surface area contributed by atoms with Gasteiger partial charge in [0.05, 0.1) is 0 Å². The van der Waals surface area contributed by atoms with Gasteiger partial charge in [-0.3, -0.25) is 4.98 Å². The van der Waals surface area contributed by atoms with Crippen LogP contribution in [0.3, 0.4) is 0 Å². The summed E-state index contributed by atoms with van der Waals surface area (Å²) in [4.78, 5) is 26.4. The lowest BCUT2D eigenvalue weighted by Crippen LogP contribution is -2.48. The van der Waals surface area contributed by atoms with E-state index in [-0.39, 0.29) is 5.92 Å². The van der Waals surface area contributed by atoms with Crippen LogP contribution in [-0.4, -0.2) is 34.7 Å². The third-order valence-electron chi connectivity index (χ3n) is 2.64. The highest BCUT2D eigenvalue weighted by Gasteiger charge is 2.22. The number of carbonyl (C=O) groups is 2. The van der Waals surface area contributed by atoms with E-state index in [1.807, 2.05) is 12.1 Å². The quantitative estimate of drug-likeness (QED) is 0.716. The minimum atomic E-state index is -1.03. The summed E-state index contributed by atoms with van der Waals surface area (Å²) in [6.07, 6.45) is 4.07. The highest BCUT2D eigenvalue weighted by molar-refractivity contribution is 5.82. The molecule has 104 valence electrons. The highest BCUT2D eigenvalue weighted by Crippen LogP contribution is 2.01. The summed E-state index contributed by atoms with van der Waals surface area (Å²) in [5.41, 5.74) is 1.02. The maximum Gasteiger partial charge on any atom is 0.326 e. The number of pyridine rings is 1. The predicted octanol–water partition coefficient (Wildman–Crippen LogP) is 1.03. The Morgan fingerprint density at radius 3 is 2.68 bits per heavy atom. The third-order valence-corrected chi connectivity index (χ3v) is 2.64. The molecule has 0 radical (unpaired) electrons. The number of hydrogen-bond acceptors (Lipinski definition) is 3. The average Bonchev–Trinajstić information content (AvgIpc) is 2.36. The van der Waals surface area contributed by atoms with Crippen LogP contribution in [0.25, 0.3) is 0 Å². The number of urea groups is 1. The first-order chi connectivity index (χ1) is 9.00. The molecule has 0 aromatic carbocycles. The second-order valence-electron chi connectivity index (χ2n) is 4.57. The van der Waals surface area contributed by atoms with Crippen LogP contribution < -0.4 is 10.6 Å². The van der Waals surface area contributed by atoms with E-state index in [2.05, 4.69) is 15.6 Å². The van der Waals surface area contributed by atoms with Crippen LogP contribution in [0.5, 0.6) is 0 Å². The summed E-state index contributed by atoms with van der Waals surface area (Å²) in [6, 6.07) is 2.40. The highest BCUT2D eigenvalue weighted by atomic mass is 16.4. The molecule has 6 heteroatoms. The van der Waals surface area contributed by atoms with Crippen molar-refractivity contribution in [3.63, 3.8) is 0 Å². The lowest BCUT2D eigenvalue weighted by molar-refractivity contribution is -0.140. The van der Waals surface area contributed by atoms with E-state index < -0.39 is 18.0 Å². The van der Waals surface area contributed by atoms with Gasteiger partial charge in [0.25, 0.3) is 0 Å². The van der Waals surface area contributed by atoms with Crippen LogP contribution >= 0.6 is 0 Å². The molecular weight excluding hydrogens is 246 g/mol. The Kier molecular flexibility index (Phi) is 5.78. The zero-order valence-corrected chi connectivity index (χ0v) is 11.1. The second-order valence-corrected chi connectivity index (χ2v) is 4.57. The third kappa shape index (κ3) is 5.37. The molecule has 19 heavy (non-hydrogen) atoms. The standard InChI is InChI=1S/C13H19N3O3/c1-9(2)11(12(17)18)16-13(19)15-7-5-10-4-3-6-14-8-10/h3-4,6,8-9,11H,5,7H2,1-2H3,(H,17,18)(H2,15,16,19). The summed E-state index contributed by atoms with van der Waals surface area (Å²) >= 11 is 0. The predicted molar refractivity (Wildman–Crippen MR) is 70.7 cm³/mol. The molecule has 1 rings (SSSR count). The van der Waals surface area contributed by atoms with Crippen molar-refractivity contribution in [2.45, 2.75) is 26.3 Å². The number of carboxylic acid groups (broad SMARTS) is 1. The molecule has 3 N–H and O–H groups in total. The van der Waals surface area contributed by atoms with Crippen molar-refractivity contribution in [3.8, 4) is 0 Å². The molecule has 0 aliphatic carbocycles. The number of nitrogens with one attached hydrogen (secondary N) is 2. The van der Waals surface area contributed by atoms with Crippen LogP contribution in [-0.2, 0) is 11.2 Å². The molecule has 1 atom stereocenters. The lowest BCUT2D eigenvalue weighted by atomic mass is 10.1. The first kappa shape index (κ1) is 14.9. The van der Waals surface area contributed by atoms with Gasteiger partial charge in [-0.05, 0) is 24.0 Å². The van der Waals surface area contributed by atoms with Gasteiger partial charge < -0.3 is 15.7 Å². The second kappa shape index (κ2) is 7.35. The number of amides is 2. The van der Waals surface area contributed by atoms with E-state index in [4.69, 9.17) is 5.11 Å². The normalized spacial score (nSPS) is 11.9. The van der Waals surface area contributed by atoms with Crippen molar-refractivity contribution in [2.24, 2.45) is 5.92 Å². The molecule has 0 saturated heterocycles.